The van der Waals surface area contributed by atoms with E-state index in [0.717, 1.165) is 6.07 Å². The molecular weight excluding hydrogens is 449 g/mol. The van der Waals surface area contributed by atoms with Gasteiger partial charge in [-0.05, 0) is 26.3 Å². The second-order valence-corrected chi connectivity index (χ2v) is 8.38. The number of aryl methyl sites for hydroxylation is 1. The van der Waals surface area contributed by atoms with E-state index < -0.39 is 29.9 Å². The lowest BCUT2D eigenvalue weighted by Crippen LogP contribution is -2.38. The number of nitrogens with one attached hydrogen (secondary N) is 1. The van der Waals surface area contributed by atoms with Crippen molar-refractivity contribution in [3.63, 3.8) is 0 Å². The minimum absolute atomic E-state index is 0.107. The molecule has 2 N–H and O–H groups in total. The number of alkyl halides is 2. The third-order valence-electron chi connectivity index (χ3n) is 6.13. The maximum absolute atomic E-state index is 14.7. The Balaban J connectivity index is 1.65. The lowest BCUT2D eigenvalue weighted by atomic mass is 10.0. The molecule has 2 atom stereocenters. The predicted molar refractivity (Wildman–Crippen MR) is 122 cm³/mol. The van der Waals surface area contributed by atoms with Crippen molar-refractivity contribution >= 4 is 28.6 Å². The lowest BCUT2D eigenvalue weighted by molar-refractivity contribution is 0.142. The summed E-state index contributed by atoms with van der Waals surface area (Å²) in [4.78, 5) is 27.9. The summed E-state index contributed by atoms with van der Waals surface area (Å²) >= 11 is 0. The van der Waals surface area contributed by atoms with Gasteiger partial charge < -0.3 is 20.2 Å². The average Bonchev–Trinajstić information content (AvgIpc) is 3.28. The van der Waals surface area contributed by atoms with Crippen LogP contribution in [-0.2, 0) is 0 Å². The molecule has 0 radical (unpaired) electrons. The predicted octanol–water partition coefficient (Wildman–Crippen LogP) is 4.77. The molecule has 1 fully saturated rings. The van der Waals surface area contributed by atoms with Crippen molar-refractivity contribution in [2.24, 2.45) is 0 Å². The van der Waals surface area contributed by atoms with Gasteiger partial charge in [0.25, 0.3) is 6.43 Å². The van der Waals surface area contributed by atoms with Crippen molar-refractivity contribution in [2.45, 2.75) is 38.8 Å². The van der Waals surface area contributed by atoms with Gasteiger partial charge in [-0.15, -0.1) is 0 Å². The highest BCUT2D eigenvalue weighted by Gasteiger charge is 2.29. The number of hydrogen-bond acceptors (Lipinski definition) is 6. The monoisotopic (exact) mass is 474 g/mol. The summed E-state index contributed by atoms with van der Waals surface area (Å²) in [5.41, 5.74) is 0.0398. The zero-order chi connectivity index (χ0) is 24.6. The van der Waals surface area contributed by atoms with Crippen molar-refractivity contribution in [1.29, 1.82) is 0 Å². The van der Waals surface area contributed by atoms with Gasteiger partial charge in [-0.1, -0.05) is 18.2 Å². The van der Waals surface area contributed by atoms with E-state index in [1.807, 2.05) is 4.90 Å². The van der Waals surface area contributed by atoms with Gasteiger partial charge in [-0.3, -0.25) is 0 Å². The van der Waals surface area contributed by atoms with Crippen LogP contribution in [0.15, 0.2) is 30.5 Å². The molecule has 1 aromatic carbocycles. The summed E-state index contributed by atoms with van der Waals surface area (Å²) in [7, 11) is 1.55. The van der Waals surface area contributed by atoms with Crippen LogP contribution in [0.1, 0.15) is 42.8 Å². The third-order valence-corrected chi connectivity index (χ3v) is 6.13. The fourth-order valence-corrected chi connectivity index (χ4v) is 4.20. The van der Waals surface area contributed by atoms with Gasteiger partial charge >= 0.3 is 6.09 Å². The van der Waals surface area contributed by atoms with Crippen molar-refractivity contribution in [3.05, 3.63) is 53.2 Å². The first-order valence-corrected chi connectivity index (χ1v) is 10.8. The van der Waals surface area contributed by atoms with Gasteiger partial charge in [0.2, 0.25) is 0 Å². The van der Waals surface area contributed by atoms with Crippen LogP contribution in [0.4, 0.5) is 29.6 Å². The van der Waals surface area contributed by atoms with Crippen LogP contribution >= 0.6 is 0 Å². The topological polar surface area (TPSA) is 94.5 Å². The molecule has 0 spiro atoms. The Kier molecular flexibility index (Phi) is 6.45. The molecule has 11 heteroatoms. The first-order chi connectivity index (χ1) is 16.2. The van der Waals surface area contributed by atoms with E-state index >= 15 is 0 Å². The molecule has 4 rings (SSSR count). The number of anilines is 2. The molecule has 1 amide bonds. The van der Waals surface area contributed by atoms with Gasteiger partial charge in [0.05, 0.1) is 29.4 Å². The summed E-state index contributed by atoms with van der Waals surface area (Å²) in [6.45, 7) is 4.52. The van der Waals surface area contributed by atoms with Gasteiger partial charge in [-0.2, -0.15) is 0 Å². The van der Waals surface area contributed by atoms with E-state index in [0.29, 0.717) is 47.9 Å². The quantitative estimate of drug-likeness (QED) is 0.531. The summed E-state index contributed by atoms with van der Waals surface area (Å²) in [6, 6.07) is 4.95. The molecule has 34 heavy (non-hydrogen) atoms. The second kappa shape index (κ2) is 9.32. The standard InChI is InChI=1S/C23H25F3N6O2/c1-12(15-5-4-6-16(20(15)24)21(25)26)28-22-17-9-19(27-10-18(17)29-13(2)30-22)32-8-7-14(11-32)31(3)23(33)34/h4-6,9-10,12,14,21H,7-8,11H2,1-3H3,(H,33,34)(H,28,29,30)/t12?,14-/m1/s1. The van der Waals surface area contributed by atoms with Crippen LogP contribution in [0.25, 0.3) is 10.9 Å². The second-order valence-electron chi connectivity index (χ2n) is 8.38. The number of nitrogens with zero attached hydrogens (tertiary/aromatic N) is 5. The Bertz CT molecular complexity index is 1220. The normalized spacial score (nSPS) is 16.8. The zero-order valence-electron chi connectivity index (χ0n) is 19.0. The van der Waals surface area contributed by atoms with Crippen LogP contribution in [0.5, 0.6) is 0 Å². The van der Waals surface area contributed by atoms with Crippen molar-refractivity contribution in [1.82, 2.24) is 19.9 Å². The highest BCUT2D eigenvalue weighted by molar-refractivity contribution is 5.90. The van der Waals surface area contributed by atoms with Crippen LogP contribution in [0.2, 0.25) is 0 Å². The minimum Gasteiger partial charge on any atom is -0.465 e. The number of halogens is 3. The van der Waals surface area contributed by atoms with Crippen molar-refractivity contribution < 1.29 is 23.1 Å². The molecule has 2 aromatic heterocycles. The molecule has 1 aliphatic heterocycles. The Morgan fingerprint density at radius 3 is 2.74 bits per heavy atom. The largest absolute Gasteiger partial charge is 0.465 e. The molecule has 1 saturated heterocycles. The first-order valence-electron chi connectivity index (χ1n) is 10.8. The van der Waals surface area contributed by atoms with E-state index in [2.05, 4.69) is 20.3 Å². The van der Waals surface area contributed by atoms with Gasteiger partial charge in [0.15, 0.2) is 0 Å². The van der Waals surface area contributed by atoms with Crippen LogP contribution in [0, 0.1) is 12.7 Å². The van der Waals surface area contributed by atoms with E-state index in [9.17, 15) is 23.1 Å². The molecule has 0 saturated carbocycles. The molecule has 8 nitrogen and oxygen atoms in total. The zero-order valence-corrected chi connectivity index (χ0v) is 19.0. The smallest absolute Gasteiger partial charge is 0.407 e. The number of fused-ring (bicyclic) bond motifs is 1. The van der Waals surface area contributed by atoms with Gasteiger partial charge in [-0.25, -0.2) is 32.9 Å². The summed E-state index contributed by atoms with van der Waals surface area (Å²) in [6.07, 6.45) is -1.60. The number of carbonyl (C=O) groups is 1. The summed E-state index contributed by atoms with van der Waals surface area (Å²) in [5.74, 6) is 0.602. The van der Waals surface area contributed by atoms with Crippen LogP contribution < -0.4 is 10.2 Å². The Morgan fingerprint density at radius 2 is 2.03 bits per heavy atom. The number of amides is 1. The molecule has 3 aromatic rings. The van der Waals surface area contributed by atoms with Gasteiger partial charge in [0.1, 0.15) is 23.3 Å². The van der Waals surface area contributed by atoms with Crippen molar-refractivity contribution in [2.75, 3.05) is 30.4 Å². The average molecular weight is 474 g/mol. The molecular formula is C23H25F3N6O2. The van der Waals surface area contributed by atoms with Crippen molar-refractivity contribution in [3.8, 4) is 0 Å². The Labute approximate surface area is 194 Å². The van der Waals surface area contributed by atoms with Gasteiger partial charge in [0, 0.05) is 31.1 Å². The molecule has 180 valence electrons. The van der Waals surface area contributed by atoms with E-state index in [4.69, 9.17) is 0 Å². The maximum atomic E-state index is 14.7. The number of benzene rings is 1. The van der Waals surface area contributed by atoms with E-state index in [-0.39, 0.29) is 11.6 Å². The number of hydrogen-bond donors (Lipinski definition) is 2. The van der Waals surface area contributed by atoms with Crippen LogP contribution in [-0.4, -0.2) is 57.2 Å². The molecule has 0 bridgehead atoms. The fraction of sp³-hybridized carbons (Fsp3) is 0.391. The highest BCUT2D eigenvalue weighted by Crippen LogP contribution is 2.32. The molecule has 3 heterocycles. The lowest BCUT2D eigenvalue weighted by Gasteiger charge is -2.23. The van der Waals surface area contributed by atoms with E-state index in [1.54, 1.807) is 33.2 Å². The first kappa shape index (κ1) is 23.5. The van der Waals surface area contributed by atoms with Crippen LogP contribution in [0.3, 0.4) is 0 Å². The highest BCUT2D eigenvalue weighted by atomic mass is 19.3. The Hall–Kier alpha value is -3.63. The SMILES string of the molecule is Cc1nc(NC(C)c2cccc(C(F)F)c2F)c2cc(N3CC[C@@H](N(C)C(=O)O)C3)ncc2n1. The number of rotatable bonds is 6. The Morgan fingerprint density at radius 1 is 1.29 bits per heavy atom. The summed E-state index contributed by atoms with van der Waals surface area (Å²) < 4.78 is 41.0. The molecule has 0 aliphatic carbocycles. The minimum atomic E-state index is -2.91. The fourth-order valence-electron chi connectivity index (χ4n) is 4.20. The number of likely N-dealkylation sites (N-methyl/N-ethyl adjacent to an activating group) is 1. The summed E-state index contributed by atoms with van der Waals surface area (Å²) in [5, 5.41) is 13.0. The number of pyridine rings is 1. The third kappa shape index (κ3) is 4.55. The molecule has 1 unspecified atom stereocenters. The molecule has 1 aliphatic rings. The maximum Gasteiger partial charge on any atom is 0.407 e. The number of carboxylic acid groups (broad SMARTS) is 1. The van der Waals surface area contributed by atoms with E-state index in [1.165, 1.54) is 17.0 Å². The number of aromatic nitrogens is 3.